The minimum atomic E-state index is -0.370. The number of carbonyl (C=O) groups is 3. The van der Waals surface area contributed by atoms with E-state index in [2.05, 4.69) is 37.2 Å². The SMILES string of the molecule is CCCCC(=O)NCCOCCOCCN1C(=O)C(Br)=C(Br)C1=O. The van der Waals surface area contributed by atoms with Gasteiger partial charge in [0.2, 0.25) is 5.91 Å². The molecule has 0 spiro atoms. The van der Waals surface area contributed by atoms with Crippen LogP contribution in [0.5, 0.6) is 0 Å². The Morgan fingerprint density at radius 3 is 2.21 bits per heavy atom. The summed E-state index contributed by atoms with van der Waals surface area (Å²) in [6, 6.07) is 0. The molecular formula is C15H22Br2N2O5. The first-order valence-electron chi connectivity index (χ1n) is 7.82. The van der Waals surface area contributed by atoms with Gasteiger partial charge in [-0.1, -0.05) is 13.3 Å². The van der Waals surface area contributed by atoms with E-state index in [9.17, 15) is 14.4 Å². The second kappa shape index (κ2) is 11.7. The van der Waals surface area contributed by atoms with E-state index in [1.807, 2.05) is 6.92 Å². The molecule has 136 valence electrons. The van der Waals surface area contributed by atoms with Gasteiger partial charge in [0.25, 0.3) is 11.8 Å². The maximum absolute atomic E-state index is 11.7. The zero-order valence-corrected chi connectivity index (χ0v) is 16.8. The van der Waals surface area contributed by atoms with Crippen LogP contribution in [-0.4, -0.2) is 62.1 Å². The van der Waals surface area contributed by atoms with E-state index >= 15 is 0 Å². The summed E-state index contributed by atoms with van der Waals surface area (Å²) in [4.78, 5) is 35.9. The Hall–Kier alpha value is -0.770. The van der Waals surface area contributed by atoms with Crippen molar-refractivity contribution in [3.63, 3.8) is 0 Å². The molecule has 0 radical (unpaired) electrons. The van der Waals surface area contributed by atoms with Crippen LogP contribution in [0.4, 0.5) is 0 Å². The topological polar surface area (TPSA) is 84.9 Å². The third kappa shape index (κ3) is 7.00. The molecular weight excluding hydrogens is 448 g/mol. The number of hydrogen-bond donors (Lipinski definition) is 1. The number of rotatable bonds is 12. The van der Waals surface area contributed by atoms with E-state index < -0.39 is 0 Å². The largest absolute Gasteiger partial charge is 0.377 e. The van der Waals surface area contributed by atoms with Gasteiger partial charge in [-0.05, 0) is 38.3 Å². The first-order valence-corrected chi connectivity index (χ1v) is 9.41. The number of carbonyl (C=O) groups excluding carboxylic acids is 3. The van der Waals surface area contributed by atoms with Crippen LogP contribution < -0.4 is 5.32 Å². The van der Waals surface area contributed by atoms with Crippen molar-refractivity contribution < 1.29 is 23.9 Å². The summed E-state index contributed by atoms with van der Waals surface area (Å²) in [5.41, 5.74) is 0. The second-order valence-electron chi connectivity index (χ2n) is 5.07. The highest BCUT2D eigenvalue weighted by Crippen LogP contribution is 2.28. The number of nitrogens with zero attached hydrogens (tertiary/aromatic N) is 1. The van der Waals surface area contributed by atoms with E-state index in [1.165, 1.54) is 0 Å². The molecule has 0 unspecified atom stereocenters. The van der Waals surface area contributed by atoms with Gasteiger partial charge in [0.15, 0.2) is 0 Å². The first-order chi connectivity index (χ1) is 11.5. The van der Waals surface area contributed by atoms with Crippen molar-refractivity contribution in [1.82, 2.24) is 10.2 Å². The number of halogens is 2. The Labute approximate surface area is 158 Å². The lowest BCUT2D eigenvalue weighted by Crippen LogP contribution is -2.34. The van der Waals surface area contributed by atoms with Gasteiger partial charge < -0.3 is 14.8 Å². The number of ether oxygens (including phenoxy) is 2. The third-order valence-corrected chi connectivity index (χ3v) is 5.22. The lowest BCUT2D eigenvalue weighted by molar-refractivity contribution is -0.138. The second-order valence-corrected chi connectivity index (χ2v) is 6.65. The highest BCUT2D eigenvalue weighted by atomic mass is 79.9. The van der Waals surface area contributed by atoms with E-state index in [4.69, 9.17) is 9.47 Å². The number of unbranched alkanes of at least 4 members (excludes halogenated alkanes) is 1. The first kappa shape index (κ1) is 21.3. The summed E-state index contributed by atoms with van der Waals surface area (Å²) in [6.07, 6.45) is 2.44. The number of nitrogens with one attached hydrogen (secondary N) is 1. The van der Waals surface area contributed by atoms with Crippen molar-refractivity contribution in [2.24, 2.45) is 0 Å². The molecule has 9 heteroatoms. The lowest BCUT2D eigenvalue weighted by atomic mass is 10.2. The fourth-order valence-electron chi connectivity index (χ4n) is 1.89. The standard InChI is InChI=1S/C15H22Br2N2O5/c1-2-3-4-11(20)18-5-7-23-9-10-24-8-6-19-14(21)12(16)13(17)15(19)22/h2-10H2,1H3,(H,18,20). The van der Waals surface area contributed by atoms with Gasteiger partial charge in [-0.2, -0.15) is 0 Å². The van der Waals surface area contributed by atoms with E-state index in [0.717, 1.165) is 17.7 Å². The van der Waals surface area contributed by atoms with Crippen LogP contribution in [0.3, 0.4) is 0 Å². The normalized spacial score (nSPS) is 14.7. The summed E-state index contributed by atoms with van der Waals surface area (Å²) < 4.78 is 11.1. The van der Waals surface area contributed by atoms with Crippen LogP contribution in [0, 0.1) is 0 Å². The molecule has 0 aromatic heterocycles. The highest BCUT2D eigenvalue weighted by Gasteiger charge is 2.35. The van der Waals surface area contributed by atoms with Crippen molar-refractivity contribution in [2.75, 3.05) is 39.5 Å². The van der Waals surface area contributed by atoms with Crippen LogP contribution in [0.1, 0.15) is 26.2 Å². The average Bonchev–Trinajstić information content (AvgIpc) is 2.75. The Morgan fingerprint density at radius 2 is 1.62 bits per heavy atom. The molecule has 0 atom stereocenters. The Morgan fingerprint density at radius 1 is 1.04 bits per heavy atom. The van der Waals surface area contributed by atoms with E-state index in [0.29, 0.717) is 32.8 Å². The predicted molar refractivity (Wildman–Crippen MR) is 95.8 cm³/mol. The van der Waals surface area contributed by atoms with Crippen molar-refractivity contribution in [2.45, 2.75) is 26.2 Å². The van der Waals surface area contributed by atoms with Gasteiger partial charge >= 0.3 is 0 Å². The maximum atomic E-state index is 11.7. The van der Waals surface area contributed by atoms with Gasteiger partial charge in [0.05, 0.1) is 33.0 Å². The fraction of sp³-hybridized carbons (Fsp3) is 0.667. The Balaban J connectivity index is 1.97. The van der Waals surface area contributed by atoms with Crippen LogP contribution >= 0.6 is 31.9 Å². The van der Waals surface area contributed by atoms with Gasteiger partial charge in [-0.3, -0.25) is 19.3 Å². The zero-order chi connectivity index (χ0) is 17.9. The molecule has 1 heterocycles. The molecule has 0 aliphatic carbocycles. The minimum Gasteiger partial charge on any atom is -0.377 e. The molecule has 0 saturated heterocycles. The van der Waals surface area contributed by atoms with Crippen molar-refractivity contribution in [3.05, 3.63) is 8.96 Å². The molecule has 24 heavy (non-hydrogen) atoms. The van der Waals surface area contributed by atoms with Gasteiger partial charge in [0, 0.05) is 13.0 Å². The Kier molecular flexibility index (Phi) is 10.4. The maximum Gasteiger partial charge on any atom is 0.269 e. The summed E-state index contributed by atoms with van der Waals surface area (Å²) in [5.74, 6) is -0.696. The van der Waals surface area contributed by atoms with Gasteiger partial charge in [-0.25, -0.2) is 0 Å². The van der Waals surface area contributed by atoms with Gasteiger partial charge in [-0.15, -0.1) is 0 Å². The summed E-state index contributed by atoms with van der Waals surface area (Å²) in [7, 11) is 0. The molecule has 7 nitrogen and oxygen atoms in total. The Bertz CT molecular complexity index is 472. The summed E-state index contributed by atoms with van der Waals surface area (Å²) in [5, 5.41) is 2.77. The third-order valence-electron chi connectivity index (χ3n) is 3.22. The molecule has 1 aliphatic heterocycles. The number of amides is 3. The lowest BCUT2D eigenvalue weighted by Gasteiger charge is -2.14. The zero-order valence-electron chi connectivity index (χ0n) is 13.6. The number of hydrogen-bond acceptors (Lipinski definition) is 5. The molecule has 0 saturated carbocycles. The minimum absolute atomic E-state index is 0.0441. The smallest absolute Gasteiger partial charge is 0.269 e. The summed E-state index contributed by atoms with van der Waals surface area (Å²) >= 11 is 6.12. The molecule has 1 aliphatic rings. The molecule has 0 bridgehead atoms. The van der Waals surface area contributed by atoms with Crippen LogP contribution in [0.15, 0.2) is 8.96 Å². The van der Waals surface area contributed by atoms with Crippen LogP contribution in [0.2, 0.25) is 0 Å². The predicted octanol–water partition coefficient (Wildman–Crippen LogP) is 1.70. The van der Waals surface area contributed by atoms with Crippen LogP contribution in [0.25, 0.3) is 0 Å². The molecule has 3 amide bonds. The molecule has 1 rings (SSSR count). The number of imide groups is 1. The van der Waals surface area contributed by atoms with Crippen molar-refractivity contribution >= 4 is 49.6 Å². The van der Waals surface area contributed by atoms with E-state index in [-0.39, 0.29) is 39.8 Å². The monoisotopic (exact) mass is 468 g/mol. The van der Waals surface area contributed by atoms with E-state index in [1.54, 1.807) is 0 Å². The molecule has 0 aromatic carbocycles. The highest BCUT2D eigenvalue weighted by molar-refractivity contribution is 9.14. The van der Waals surface area contributed by atoms with Crippen molar-refractivity contribution in [3.8, 4) is 0 Å². The fourth-order valence-corrected chi connectivity index (χ4v) is 2.65. The van der Waals surface area contributed by atoms with Gasteiger partial charge in [0.1, 0.15) is 8.96 Å². The van der Waals surface area contributed by atoms with Crippen molar-refractivity contribution in [1.29, 1.82) is 0 Å². The summed E-state index contributed by atoms with van der Waals surface area (Å²) in [6.45, 7) is 4.12. The molecule has 0 fully saturated rings. The average molecular weight is 470 g/mol. The molecule has 0 aromatic rings. The molecule has 1 N–H and O–H groups in total. The quantitative estimate of drug-likeness (QED) is 0.347. The van der Waals surface area contributed by atoms with Crippen LogP contribution in [-0.2, 0) is 23.9 Å².